The molecule has 7 heteroatoms. The van der Waals surface area contributed by atoms with Gasteiger partial charge in [0.1, 0.15) is 0 Å². The normalized spacial score (nSPS) is 13.6. The molecule has 2 aromatic rings. The highest BCUT2D eigenvalue weighted by atomic mass is 35.5. The summed E-state index contributed by atoms with van der Waals surface area (Å²) in [5.41, 5.74) is 1.07. The molecule has 1 aromatic heterocycles. The number of nitrogens with zero attached hydrogens (tertiary/aromatic N) is 2. The molecular weight excluding hydrogens is 332 g/mol. The molecule has 1 aliphatic carbocycles. The molecule has 0 aliphatic heterocycles. The minimum atomic E-state index is -0.576. The zero-order chi connectivity index (χ0) is 17.3. The van der Waals surface area contributed by atoms with Crippen LogP contribution in [-0.4, -0.2) is 30.7 Å². The second-order valence-electron chi connectivity index (χ2n) is 5.56. The number of ether oxygens (including phenoxy) is 1. The standard InChI is InChI=1S/C17H17ClN2O4/c1-3-20(17(22)23-2)14-11(5-4-6-13(14)18)15(21)12-9-19-24-16(12)10-7-8-10/h4-6,9-10H,3,7-8H2,1-2H3. The van der Waals surface area contributed by atoms with Gasteiger partial charge in [-0.2, -0.15) is 0 Å². The molecule has 24 heavy (non-hydrogen) atoms. The Morgan fingerprint density at radius 3 is 2.75 bits per heavy atom. The number of rotatable bonds is 5. The maximum Gasteiger partial charge on any atom is 0.414 e. The van der Waals surface area contributed by atoms with Crippen molar-refractivity contribution < 1.29 is 18.8 Å². The number of para-hydroxylation sites is 1. The summed E-state index contributed by atoms with van der Waals surface area (Å²) >= 11 is 6.28. The number of hydrogen-bond donors (Lipinski definition) is 0. The Labute approximate surface area is 144 Å². The monoisotopic (exact) mass is 348 g/mol. The van der Waals surface area contributed by atoms with Crippen molar-refractivity contribution in [1.82, 2.24) is 5.16 Å². The number of halogens is 1. The Morgan fingerprint density at radius 1 is 1.38 bits per heavy atom. The Hall–Kier alpha value is -2.34. The van der Waals surface area contributed by atoms with Gasteiger partial charge < -0.3 is 9.26 Å². The number of carbonyl (C=O) groups excluding carboxylic acids is 2. The van der Waals surface area contributed by atoms with E-state index in [0.717, 1.165) is 12.8 Å². The smallest absolute Gasteiger partial charge is 0.414 e. The molecule has 126 valence electrons. The molecule has 1 aliphatic rings. The molecule has 0 saturated heterocycles. The summed E-state index contributed by atoms with van der Waals surface area (Å²) in [4.78, 5) is 26.4. The first kappa shape index (κ1) is 16.5. The molecule has 3 rings (SSSR count). The quantitative estimate of drug-likeness (QED) is 0.763. The Bertz CT molecular complexity index is 783. The molecule has 1 fully saturated rings. The van der Waals surface area contributed by atoms with E-state index in [9.17, 15) is 9.59 Å². The zero-order valence-electron chi connectivity index (χ0n) is 13.4. The van der Waals surface area contributed by atoms with Crippen molar-refractivity contribution in [2.75, 3.05) is 18.6 Å². The molecule has 0 N–H and O–H groups in total. The molecule has 1 amide bonds. The number of ketones is 1. The van der Waals surface area contributed by atoms with Gasteiger partial charge in [0, 0.05) is 18.0 Å². The van der Waals surface area contributed by atoms with Crippen LogP contribution in [0.1, 0.15) is 47.4 Å². The third kappa shape index (κ3) is 2.89. The van der Waals surface area contributed by atoms with Crippen molar-refractivity contribution in [3.05, 3.63) is 46.3 Å². The lowest BCUT2D eigenvalue weighted by atomic mass is 10.0. The summed E-state index contributed by atoms with van der Waals surface area (Å²) in [5, 5.41) is 4.07. The Kier molecular flexibility index (Phi) is 4.57. The van der Waals surface area contributed by atoms with E-state index < -0.39 is 6.09 Å². The fourth-order valence-electron chi connectivity index (χ4n) is 2.67. The Morgan fingerprint density at radius 2 is 2.12 bits per heavy atom. The van der Waals surface area contributed by atoms with Crippen LogP contribution >= 0.6 is 11.6 Å². The SMILES string of the molecule is CCN(C(=O)OC)c1c(Cl)cccc1C(=O)c1cnoc1C1CC1. The van der Waals surface area contributed by atoms with Gasteiger partial charge in [0.15, 0.2) is 11.5 Å². The van der Waals surface area contributed by atoms with E-state index in [1.807, 2.05) is 0 Å². The minimum Gasteiger partial charge on any atom is -0.452 e. The highest BCUT2D eigenvalue weighted by molar-refractivity contribution is 6.35. The lowest BCUT2D eigenvalue weighted by Crippen LogP contribution is -2.32. The van der Waals surface area contributed by atoms with Crippen LogP contribution in [0.5, 0.6) is 0 Å². The predicted molar refractivity (Wildman–Crippen MR) is 88.8 cm³/mol. The fraction of sp³-hybridized carbons (Fsp3) is 0.353. The van der Waals surface area contributed by atoms with Gasteiger partial charge in [0.2, 0.25) is 0 Å². The molecule has 0 atom stereocenters. The third-order valence-electron chi connectivity index (χ3n) is 4.00. The van der Waals surface area contributed by atoms with E-state index in [1.165, 1.54) is 18.2 Å². The molecule has 1 saturated carbocycles. The average Bonchev–Trinajstić information content (AvgIpc) is 3.32. The largest absolute Gasteiger partial charge is 0.452 e. The fourth-order valence-corrected chi connectivity index (χ4v) is 2.94. The Balaban J connectivity index is 2.07. The van der Waals surface area contributed by atoms with Crippen LogP contribution in [0.4, 0.5) is 10.5 Å². The van der Waals surface area contributed by atoms with Crippen molar-refractivity contribution in [3.8, 4) is 0 Å². The number of aromatic nitrogens is 1. The van der Waals surface area contributed by atoms with Gasteiger partial charge in [0.25, 0.3) is 0 Å². The first-order valence-electron chi connectivity index (χ1n) is 7.71. The van der Waals surface area contributed by atoms with Crippen molar-refractivity contribution in [3.63, 3.8) is 0 Å². The van der Waals surface area contributed by atoms with Gasteiger partial charge in [-0.05, 0) is 31.9 Å². The lowest BCUT2D eigenvalue weighted by Gasteiger charge is -2.23. The summed E-state index contributed by atoms with van der Waals surface area (Å²) < 4.78 is 10.0. The van der Waals surface area contributed by atoms with Gasteiger partial charge in [-0.1, -0.05) is 22.8 Å². The first-order chi connectivity index (χ1) is 11.6. The van der Waals surface area contributed by atoms with Crippen molar-refractivity contribution in [2.45, 2.75) is 25.7 Å². The van der Waals surface area contributed by atoms with Crippen LogP contribution in [0.25, 0.3) is 0 Å². The van der Waals surface area contributed by atoms with E-state index in [2.05, 4.69) is 5.16 Å². The molecule has 1 aromatic carbocycles. The van der Waals surface area contributed by atoms with Gasteiger partial charge in [0.05, 0.1) is 29.6 Å². The number of amides is 1. The summed E-state index contributed by atoms with van der Waals surface area (Å²) in [6.45, 7) is 2.10. The van der Waals surface area contributed by atoms with Crippen LogP contribution in [0.3, 0.4) is 0 Å². The van der Waals surface area contributed by atoms with Crippen LogP contribution < -0.4 is 4.90 Å². The van der Waals surface area contributed by atoms with Crippen LogP contribution in [0.2, 0.25) is 5.02 Å². The van der Waals surface area contributed by atoms with Crippen LogP contribution in [0, 0.1) is 0 Å². The maximum atomic E-state index is 13.0. The molecule has 6 nitrogen and oxygen atoms in total. The number of benzene rings is 1. The van der Waals surface area contributed by atoms with E-state index in [-0.39, 0.29) is 11.7 Å². The van der Waals surface area contributed by atoms with Crippen LogP contribution in [-0.2, 0) is 4.74 Å². The van der Waals surface area contributed by atoms with Crippen LogP contribution in [0.15, 0.2) is 28.9 Å². The summed E-state index contributed by atoms with van der Waals surface area (Å²) in [6, 6.07) is 4.95. The molecule has 0 spiro atoms. The average molecular weight is 349 g/mol. The summed E-state index contributed by atoms with van der Waals surface area (Å²) in [7, 11) is 1.29. The van der Waals surface area contributed by atoms with E-state index in [0.29, 0.717) is 34.1 Å². The topological polar surface area (TPSA) is 72.6 Å². The van der Waals surface area contributed by atoms with E-state index in [1.54, 1.807) is 25.1 Å². The summed E-state index contributed by atoms with van der Waals surface area (Å²) in [5.74, 6) is 0.585. The number of methoxy groups -OCH3 is 1. The van der Waals surface area contributed by atoms with Crippen molar-refractivity contribution >= 4 is 29.2 Å². The minimum absolute atomic E-state index is 0.247. The highest BCUT2D eigenvalue weighted by Gasteiger charge is 2.34. The number of hydrogen-bond acceptors (Lipinski definition) is 5. The molecule has 0 unspecified atom stereocenters. The van der Waals surface area contributed by atoms with Gasteiger partial charge in [-0.3, -0.25) is 9.69 Å². The number of anilines is 1. The number of carbonyl (C=O) groups is 2. The lowest BCUT2D eigenvalue weighted by molar-refractivity contribution is 0.103. The van der Waals surface area contributed by atoms with Gasteiger partial charge in [-0.25, -0.2) is 4.79 Å². The predicted octanol–water partition coefficient (Wildman–Crippen LogP) is 4.03. The van der Waals surface area contributed by atoms with Gasteiger partial charge in [-0.15, -0.1) is 0 Å². The third-order valence-corrected chi connectivity index (χ3v) is 4.31. The van der Waals surface area contributed by atoms with Crippen molar-refractivity contribution in [2.24, 2.45) is 0 Å². The second-order valence-corrected chi connectivity index (χ2v) is 5.96. The van der Waals surface area contributed by atoms with E-state index in [4.69, 9.17) is 20.9 Å². The molecular formula is C17H17ClN2O4. The summed E-state index contributed by atoms with van der Waals surface area (Å²) in [6.07, 6.45) is 2.82. The molecule has 1 heterocycles. The molecule has 0 bridgehead atoms. The highest BCUT2D eigenvalue weighted by Crippen LogP contribution is 2.42. The zero-order valence-corrected chi connectivity index (χ0v) is 14.2. The molecule has 0 radical (unpaired) electrons. The van der Waals surface area contributed by atoms with Gasteiger partial charge >= 0.3 is 6.09 Å². The van der Waals surface area contributed by atoms with Crippen molar-refractivity contribution in [1.29, 1.82) is 0 Å². The first-order valence-corrected chi connectivity index (χ1v) is 8.09. The van der Waals surface area contributed by atoms with E-state index >= 15 is 0 Å². The maximum absolute atomic E-state index is 13.0. The second kappa shape index (κ2) is 6.65.